The minimum absolute atomic E-state index is 0.231. The molecule has 0 fully saturated rings. The molecule has 2 aromatic carbocycles. The van der Waals surface area contributed by atoms with Crippen LogP contribution in [0.5, 0.6) is 5.75 Å². The van der Waals surface area contributed by atoms with Gasteiger partial charge < -0.3 is 20.9 Å². The second-order valence-corrected chi connectivity index (χ2v) is 8.36. The van der Waals surface area contributed by atoms with E-state index >= 15 is 0 Å². The minimum atomic E-state index is -0.691. The van der Waals surface area contributed by atoms with Crippen LogP contribution in [0.2, 0.25) is 0 Å². The first-order valence-corrected chi connectivity index (χ1v) is 10.2. The van der Waals surface area contributed by atoms with Crippen molar-refractivity contribution in [1.82, 2.24) is 10.3 Å². The molecule has 1 aliphatic heterocycles. The van der Waals surface area contributed by atoms with Gasteiger partial charge in [0.15, 0.2) is 0 Å². The van der Waals surface area contributed by atoms with E-state index in [9.17, 15) is 5.11 Å². The van der Waals surface area contributed by atoms with Gasteiger partial charge in [-0.2, -0.15) is 0 Å². The summed E-state index contributed by atoms with van der Waals surface area (Å²) >= 11 is 0. The SMILES string of the molecule is Cc1cc(CN)nc2cc3c(cc12)OC(C)(C)[C@H](O)[C@H]3NCCc1ccccc1. The fourth-order valence-electron chi connectivity index (χ4n) is 4.10. The summed E-state index contributed by atoms with van der Waals surface area (Å²) in [6, 6.07) is 16.2. The molecule has 5 heteroatoms. The van der Waals surface area contributed by atoms with E-state index in [1.54, 1.807) is 0 Å². The van der Waals surface area contributed by atoms with E-state index < -0.39 is 11.7 Å². The molecule has 5 nitrogen and oxygen atoms in total. The van der Waals surface area contributed by atoms with Crippen molar-refractivity contribution in [1.29, 1.82) is 0 Å². The molecular weight excluding hydrogens is 362 g/mol. The first kappa shape index (κ1) is 19.8. The molecule has 0 amide bonds. The molecule has 0 aliphatic carbocycles. The summed E-state index contributed by atoms with van der Waals surface area (Å²) in [7, 11) is 0. The Morgan fingerprint density at radius 1 is 1.17 bits per heavy atom. The number of ether oxygens (including phenoxy) is 1. The Kier molecular flexibility index (Phi) is 5.30. The number of aliphatic hydroxyl groups excluding tert-OH is 1. The summed E-state index contributed by atoms with van der Waals surface area (Å²) in [6.07, 6.45) is 0.213. The lowest BCUT2D eigenvalue weighted by atomic mass is 9.85. The first-order valence-electron chi connectivity index (χ1n) is 10.2. The van der Waals surface area contributed by atoms with Crippen LogP contribution in [0.1, 0.15) is 42.3 Å². The van der Waals surface area contributed by atoms with E-state index in [4.69, 9.17) is 15.5 Å². The fraction of sp³-hybridized carbons (Fsp3) is 0.375. The summed E-state index contributed by atoms with van der Waals surface area (Å²) in [5, 5.41) is 15.6. The number of rotatable bonds is 5. The Balaban J connectivity index is 1.69. The van der Waals surface area contributed by atoms with Crippen LogP contribution in [-0.4, -0.2) is 28.3 Å². The van der Waals surface area contributed by atoms with Crippen LogP contribution in [0.15, 0.2) is 48.5 Å². The number of hydrogen-bond donors (Lipinski definition) is 3. The van der Waals surface area contributed by atoms with E-state index in [0.717, 1.165) is 46.4 Å². The molecule has 29 heavy (non-hydrogen) atoms. The monoisotopic (exact) mass is 391 g/mol. The zero-order chi connectivity index (χ0) is 20.6. The molecule has 0 unspecified atom stereocenters. The Hall–Kier alpha value is -2.47. The molecule has 0 saturated heterocycles. The predicted octanol–water partition coefficient (Wildman–Crippen LogP) is 3.41. The highest BCUT2D eigenvalue weighted by Crippen LogP contribution is 2.42. The molecule has 1 aromatic heterocycles. The van der Waals surface area contributed by atoms with Crippen molar-refractivity contribution in [3.8, 4) is 5.75 Å². The molecule has 0 spiro atoms. The Morgan fingerprint density at radius 3 is 2.66 bits per heavy atom. The molecule has 0 radical (unpaired) electrons. The number of aryl methyl sites for hydroxylation is 1. The number of nitrogens with zero attached hydrogens (tertiary/aromatic N) is 1. The number of fused-ring (bicyclic) bond motifs is 2. The minimum Gasteiger partial charge on any atom is -0.485 e. The van der Waals surface area contributed by atoms with Crippen LogP contribution >= 0.6 is 0 Å². The smallest absolute Gasteiger partial charge is 0.131 e. The lowest BCUT2D eigenvalue weighted by Crippen LogP contribution is -2.52. The van der Waals surface area contributed by atoms with Crippen LogP contribution in [0, 0.1) is 6.92 Å². The molecule has 1 aliphatic rings. The van der Waals surface area contributed by atoms with Crippen molar-refractivity contribution in [3.63, 3.8) is 0 Å². The van der Waals surface area contributed by atoms with Crippen LogP contribution in [0.4, 0.5) is 0 Å². The number of benzene rings is 2. The van der Waals surface area contributed by atoms with Crippen molar-refractivity contribution in [2.24, 2.45) is 5.73 Å². The highest BCUT2D eigenvalue weighted by molar-refractivity contribution is 5.85. The van der Waals surface area contributed by atoms with Gasteiger partial charge in [-0.05, 0) is 63.1 Å². The molecule has 4 N–H and O–H groups in total. The van der Waals surface area contributed by atoms with E-state index in [0.29, 0.717) is 6.54 Å². The predicted molar refractivity (Wildman–Crippen MR) is 116 cm³/mol. The topological polar surface area (TPSA) is 80.4 Å². The van der Waals surface area contributed by atoms with Gasteiger partial charge in [0.25, 0.3) is 0 Å². The summed E-state index contributed by atoms with van der Waals surface area (Å²) in [5.74, 6) is 0.801. The van der Waals surface area contributed by atoms with Crippen molar-refractivity contribution in [3.05, 3.63) is 70.9 Å². The number of aliphatic hydroxyl groups is 1. The van der Waals surface area contributed by atoms with E-state index in [-0.39, 0.29) is 6.04 Å². The quantitative estimate of drug-likeness (QED) is 0.621. The third-order valence-electron chi connectivity index (χ3n) is 5.77. The van der Waals surface area contributed by atoms with Crippen molar-refractivity contribution in [2.45, 2.75) is 51.5 Å². The second-order valence-electron chi connectivity index (χ2n) is 8.36. The third-order valence-corrected chi connectivity index (χ3v) is 5.77. The Bertz CT molecular complexity index is 1020. The molecular formula is C24H29N3O2. The molecule has 0 saturated carbocycles. The van der Waals surface area contributed by atoms with Gasteiger partial charge in [-0.1, -0.05) is 30.3 Å². The highest BCUT2D eigenvalue weighted by Gasteiger charge is 2.42. The molecule has 0 bridgehead atoms. The Labute approximate surface area is 171 Å². The van der Waals surface area contributed by atoms with Gasteiger partial charge in [0.1, 0.15) is 17.5 Å². The number of aromatic nitrogens is 1. The summed E-state index contributed by atoms with van der Waals surface area (Å²) in [4.78, 5) is 4.70. The van der Waals surface area contributed by atoms with E-state index in [2.05, 4.69) is 24.4 Å². The maximum atomic E-state index is 11.0. The third kappa shape index (κ3) is 3.86. The number of nitrogens with two attached hydrogens (primary N) is 1. The lowest BCUT2D eigenvalue weighted by molar-refractivity contribution is -0.0642. The zero-order valence-corrected chi connectivity index (χ0v) is 17.3. The van der Waals surface area contributed by atoms with Gasteiger partial charge in [-0.15, -0.1) is 0 Å². The molecule has 3 aromatic rings. The second kappa shape index (κ2) is 7.75. The molecule has 152 valence electrons. The normalized spacial score (nSPS) is 20.3. The zero-order valence-electron chi connectivity index (χ0n) is 17.3. The molecule has 2 heterocycles. The maximum Gasteiger partial charge on any atom is 0.131 e. The van der Waals surface area contributed by atoms with Crippen molar-refractivity contribution >= 4 is 10.9 Å². The van der Waals surface area contributed by atoms with Gasteiger partial charge in [-0.3, -0.25) is 4.98 Å². The highest BCUT2D eigenvalue weighted by atomic mass is 16.5. The van der Waals surface area contributed by atoms with Crippen molar-refractivity contribution in [2.75, 3.05) is 6.54 Å². The van der Waals surface area contributed by atoms with Crippen LogP contribution in [0.3, 0.4) is 0 Å². The lowest BCUT2D eigenvalue weighted by Gasteiger charge is -2.42. The van der Waals surface area contributed by atoms with Gasteiger partial charge in [0, 0.05) is 17.5 Å². The van der Waals surface area contributed by atoms with Gasteiger partial charge in [-0.25, -0.2) is 0 Å². The standard InChI is InChI=1S/C24H29N3O2/c1-15-11-17(14-25)27-20-12-19-21(13-18(15)20)29-24(2,3)23(28)22(19)26-10-9-16-7-5-4-6-8-16/h4-8,11-13,22-23,26,28H,9-10,14,25H2,1-3H3/t22-,23+/m0/s1. The van der Waals surface area contributed by atoms with Crippen LogP contribution < -0.4 is 15.8 Å². The van der Waals surface area contributed by atoms with Crippen LogP contribution in [0.25, 0.3) is 10.9 Å². The Morgan fingerprint density at radius 2 is 1.93 bits per heavy atom. The fourth-order valence-corrected chi connectivity index (χ4v) is 4.10. The van der Waals surface area contributed by atoms with E-state index in [1.165, 1.54) is 5.56 Å². The number of hydrogen-bond acceptors (Lipinski definition) is 5. The largest absolute Gasteiger partial charge is 0.485 e. The van der Waals surface area contributed by atoms with Gasteiger partial charge in [0.05, 0.1) is 17.3 Å². The summed E-state index contributed by atoms with van der Waals surface area (Å²) in [6.45, 7) is 7.08. The molecule has 2 atom stereocenters. The first-order chi connectivity index (χ1) is 13.9. The average molecular weight is 392 g/mol. The molecule has 4 rings (SSSR count). The van der Waals surface area contributed by atoms with Crippen LogP contribution in [-0.2, 0) is 13.0 Å². The summed E-state index contributed by atoms with van der Waals surface area (Å²) < 4.78 is 6.20. The number of pyridine rings is 1. The van der Waals surface area contributed by atoms with E-state index in [1.807, 2.05) is 50.2 Å². The van der Waals surface area contributed by atoms with Crippen molar-refractivity contribution < 1.29 is 9.84 Å². The van der Waals surface area contributed by atoms with Gasteiger partial charge in [0.2, 0.25) is 0 Å². The maximum absolute atomic E-state index is 11.0. The summed E-state index contributed by atoms with van der Waals surface area (Å²) in [5.41, 5.74) is 10.2. The number of nitrogens with one attached hydrogen (secondary N) is 1. The average Bonchev–Trinajstić information content (AvgIpc) is 2.70. The van der Waals surface area contributed by atoms with Gasteiger partial charge >= 0.3 is 0 Å².